The molecule has 21 heavy (non-hydrogen) atoms. The predicted molar refractivity (Wildman–Crippen MR) is 90.6 cm³/mol. The first-order chi connectivity index (χ1) is 9.61. The molecule has 3 heterocycles. The molecule has 1 amide bonds. The van der Waals surface area contributed by atoms with Crippen molar-refractivity contribution >= 4 is 41.3 Å². The molecule has 6 heteroatoms. The minimum atomic E-state index is 0. The van der Waals surface area contributed by atoms with E-state index in [-0.39, 0.29) is 18.3 Å². The molecule has 1 N–H and O–H groups in total. The maximum atomic E-state index is 12.3. The molecule has 2 unspecified atom stereocenters. The summed E-state index contributed by atoms with van der Waals surface area (Å²) in [6, 6.07) is 5.61. The van der Waals surface area contributed by atoms with E-state index in [1.165, 1.54) is 17.7 Å². The number of halogens is 2. The summed E-state index contributed by atoms with van der Waals surface area (Å²) in [5, 5.41) is 3.62. The zero-order valence-corrected chi connectivity index (χ0v) is 14.6. The smallest absolute Gasteiger partial charge is 0.222 e. The molecule has 2 bridgehead atoms. The number of hydrogen-bond acceptors (Lipinski definition) is 3. The van der Waals surface area contributed by atoms with E-state index in [0.717, 1.165) is 23.6 Å². The summed E-state index contributed by atoms with van der Waals surface area (Å²) in [7, 11) is 1.97. The number of nitrogens with one attached hydrogen (secondary N) is 1. The largest absolute Gasteiger partial charge is 0.343 e. The zero-order valence-electron chi connectivity index (χ0n) is 12.2. The molecule has 0 aliphatic carbocycles. The second kappa shape index (κ2) is 7.32. The Hall–Kier alpha value is -0.290. The Kier molecular flexibility index (Phi) is 5.95. The molecule has 0 aromatic carbocycles. The van der Waals surface area contributed by atoms with E-state index >= 15 is 0 Å². The molecule has 2 fully saturated rings. The van der Waals surface area contributed by atoms with Crippen LogP contribution in [0.3, 0.4) is 0 Å². The number of thiophene rings is 1. The van der Waals surface area contributed by atoms with E-state index in [0.29, 0.717) is 24.5 Å². The lowest BCUT2D eigenvalue weighted by molar-refractivity contribution is -0.132. The number of hydrogen-bond donors (Lipinski definition) is 1. The van der Waals surface area contributed by atoms with Gasteiger partial charge in [0.2, 0.25) is 5.91 Å². The van der Waals surface area contributed by atoms with Gasteiger partial charge >= 0.3 is 0 Å². The van der Waals surface area contributed by atoms with Crippen LogP contribution in [0.25, 0.3) is 0 Å². The van der Waals surface area contributed by atoms with Gasteiger partial charge in [-0.1, -0.05) is 11.6 Å². The van der Waals surface area contributed by atoms with Crippen LogP contribution in [0.2, 0.25) is 4.34 Å². The van der Waals surface area contributed by atoms with Gasteiger partial charge in [0.15, 0.2) is 0 Å². The molecule has 3 nitrogen and oxygen atoms in total. The minimum absolute atomic E-state index is 0. The van der Waals surface area contributed by atoms with Gasteiger partial charge in [0, 0.05) is 36.5 Å². The summed E-state index contributed by atoms with van der Waals surface area (Å²) in [5.41, 5.74) is 0. The second-order valence-corrected chi connectivity index (χ2v) is 7.77. The number of amides is 1. The number of nitrogens with zero attached hydrogens (tertiary/aromatic N) is 1. The van der Waals surface area contributed by atoms with Crippen LogP contribution in [0.4, 0.5) is 0 Å². The number of piperidine rings is 1. The summed E-state index contributed by atoms with van der Waals surface area (Å²) in [6.07, 6.45) is 6.17. The quantitative estimate of drug-likeness (QED) is 0.902. The molecule has 0 saturated carbocycles. The molecule has 2 atom stereocenters. The standard InChI is InChI=1S/C15H21ClN2OS.ClH/c1-18(12-8-10-2-3-11(9-12)17-10)15(19)7-5-13-4-6-14(16)20-13;/h4,6,10-12,17H,2-3,5,7-9H2,1H3;1H. The van der Waals surface area contributed by atoms with Crippen LogP contribution in [0.15, 0.2) is 12.1 Å². The lowest BCUT2D eigenvalue weighted by Gasteiger charge is -2.35. The molecule has 1 aromatic rings. The lowest BCUT2D eigenvalue weighted by atomic mass is 9.98. The van der Waals surface area contributed by atoms with E-state index in [1.807, 2.05) is 24.1 Å². The van der Waals surface area contributed by atoms with E-state index in [2.05, 4.69) is 5.32 Å². The van der Waals surface area contributed by atoms with E-state index < -0.39 is 0 Å². The Balaban J connectivity index is 0.00000161. The van der Waals surface area contributed by atoms with Crippen LogP contribution in [0, 0.1) is 0 Å². The first-order valence-electron chi connectivity index (χ1n) is 7.38. The summed E-state index contributed by atoms with van der Waals surface area (Å²) in [6.45, 7) is 0. The highest BCUT2D eigenvalue weighted by Gasteiger charge is 2.36. The molecule has 2 aliphatic heterocycles. The van der Waals surface area contributed by atoms with Gasteiger partial charge in [-0.3, -0.25) is 4.79 Å². The average Bonchev–Trinajstić information content (AvgIpc) is 3.01. The predicted octanol–water partition coefficient (Wildman–Crippen LogP) is 3.50. The van der Waals surface area contributed by atoms with Gasteiger partial charge in [-0.05, 0) is 44.2 Å². The van der Waals surface area contributed by atoms with Gasteiger partial charge in [0.1, 0.15) is 0 Å². The van der Waals surface area contributed by atoms with Crippen molar-refractivity contribution in [2.24, 2.45) is 0 Å². The Morgan fingerprint density at radius 2 is 2.05 bits per heavy atom. The first kappa shape index (κ1) is 17.1. The molecule has 2 saturated heterocycles. The normalized spacial score (nSPS) is 27.2. The van der Waals surface area contributed by atoms with Crippen LogP contribution >= 0.6 is 35.3 Å². The van der Waals surface area contributed by atoms with Gasteiger partial charge in [-0.15, -0.1) is 23.7 Å². The molecule has 0 spiro atoms. The maximum Gasteiger partial charge on any atom is 0.222 e. The van der Waals surface area contributed by atoms with Crippen molar-refractivity contribution in [1.29, 1.82) is 0 Å². The Labute approximate surface area is 141 Å². The monoisotopic (exact) mass is 348 g/mol. The summed E-state index contributed by atoms with van der Waals surface area (Å²) < 4.78 is 0.802. The van der Waals surface area contributed by atoms with Crippen LogP contribution in [-0.4, -0.2) is 36.0 Å². The third kappa shape index (κ3) is 4.13. The minimum Gasteiger partial charge on any atom is -0.343 e. The molecule has 2 aliphatic rings. The van der Waals surface area contributed by atoms with Crippen molar-refractivity contribution in [3.8, 4) is 0 Å². The van der Waals surface area contributed by atoms with Gasteiger partial charge in [0.25, 0.3) is 0 Å². The fourth-order valence-corrected chi connectivity index (χ4v) is 4.53. The van der Waals surface area contributed by atoms with Crippen LogP contribution in [0.1, 0.15) is 37.0 Å². The maximum absolute atomic E-state index is 12.3. The van der Waals surface area contributed by atoms with Crippen molar-refractivity contribution in [2.45, 2.75) is 56.7 Å². The highest BCUT2D eigenvalue weighted by atomic mass is 35.5. The van der Waals surface area contributed by atoms with Gasteiger partial charge in [-0.25, -0.2) is 0 Å². The SMILES string of the molecule is CN(C(=O)CCc1ccc(Cl)s1)C1CC2CCC(C1)N2.Cl. The molecule has 0 radical (unpaired) electrons. The number of rotatable bonds is 4. The molecule has 1 aromatic heterocycles. The Morgan fingerprint density at radius 3 is 2.62 bits per heavy atom. The highest BCUT2D eigenvalue weighted by Crippen LogP contribution is 2.29. The van der Waals surface area contributed by atoms with E-state index in [1.54, 1.807) is 11.3 Å². The topological polar surface area (TPSA) is 32.3 Å². The van der Waals surface area contributed by atoms with Crippen molar-refractivity contribution in [3.63, 3.8) is 0 Å². The van der Waals surface area contributed by atoms with Gasteiger partial charge < -0.3 is 10.2 Å². The summed E-state index contributed by atoms with van der Waals surface area (Å²) in [4.78, 5) is 15.5. The average molecular weight is 349 g/mol. The van der Waals surface area contributed by atoms with E-state index in [9.17, 15) is 4.79 Å². The zero-order chi connectivity index (χ0) is 14.1. The van der Waals surface area contributed by atoms with Crippen molar-refractivity contribution in [2.75, 3.05) is 7.05 Å². The van der Waals surface area contributed by atoms with E-state index in [4.69, 9.17) is 11.6 Å². The lowest BCUT2D eigenvalue weighted by Crippen LogP contribution is -2.48. The van der Waals surface area contributed by atoms with Gasteiger partial charge in [-0.2, -0.15) is 0 Å². The fraction of sp³-hybridized carbons (Fsp3) is 0.667. The van der Waals surface area contributed by atoms with Crippen molar-refractivity contribution in [1.82, 2.24) is 10.2 Å². The molecular weight excluding hydrogens is 327 g/mol. The van der Waals surface area contributed by atoms with Crippen molar-refractivity contribution < 1.29 is 4.79 Å². The first-order valence-corrected chi connectivity index (χ1v) is 8.57. The molecular formula is C15H22Cl2N2OS. The molecule has 3 rings (SSSR count). The second-order valence-electron chi connectivity index (χ2n) is 5.97. The third-order valence-corrected chi connectivity index (χ3v) is 5.89. The number of aryl methyl sites for hydroxylation is 1. The van der Waals surface area contributed by atoms with Crippen molar-refractivity contribution in [3.05, 3.63) is 21.3 Å². The summed E-state index contributed by atoms with van der Waals surface area (Å²) in [5.74, 6) is 0.265. The fourth-order valence-electron chi connectivity index (χ4n) is 3.44. The highest BCUT2D eigenvalue weighted by molar-refractivity contribution is 7.16. The summed E-state index contributed by atoms with van der Waals surface area (Å²) >= 11 is 7.49. The Bertz CT molecular complexity index is 482. The molecule has 118 valence electrons. The van der Waals surface area contributed by atoms with Crippen LogP contribution < -0.4 is 5.32 Å². The Morgan fingerprint density at radius 1 is 1.38 bits per heavy atom. The van der Waals surface area contributed by atoms with Gasteiger partial charge in [0.05, 0.1) is 4.34 Å². The van der Waals surface area contributed by atoms with Crippen LogP contribution in [0.5, 0.6) is 0 Å². The number of carbonyl (C=O) groups is 1. The third-order valence-electron chi connectivity index (χ3n) is 4.60. The van der Waals surface area contributed by atoms with Crippen LogP contribution in [-0.2, 0) is 11.2 Å². The number of fused-ring (bicyclic) bond motifs is 2. The number of carbonyl (C=O) groups excluding carboxylic acids is 1.